The summed E-state index contributed by atoms with van der Waals surface area (Å²) in [7, 11) is 0. The third kappa shape index (κ3) is 3.84. The topological polar surface area (TPSA) is 73.7 Å². The van der Waals surface area contributed by atoms with Gasteiger partial charge in [-0.25, -0.2) is 0 Å². The molecular formula is C26H29N3O3. The minimum atomic E-state index is -0.220. The number of aliphatic hydroxyl groups is 1. The molecule has 1 aromatic carbocycles. The van der Waals surface area contributed by atoms with Crippen molar-refractivity contribution in [2.24, 2.45) is 0 Å². The number of pyridine rings is 1. The maximum atomic E-state index is 12.9. The normalized spacial score (nSPS) is 25.1. The van der Waals surface area contributed by atoms with Crippen LogP contribution in [0.2, 0.25) is 0 Å². The van der Waals surface area contributed by atoms with Gasteiger partial charge in [0, 0.05) is 24.9 Å². The number of aliphatic hydroxyl groups excluding tert-OH is 1. The quantitative estimate of drug-likeness (QED) is 0.790. The van der Waals surface area contributed by atoms with E-state index in [0.717, 1.165) is 24.0 Å². The van der Waals surface area contributed by atoms with E-state index in [0.29, 0.717) is 6.54 Å². The van der Waals surface area contributed by atoms with Crippen molar-refractivity contribution >= 4 is 17.4 Å². The highest BCUT2D eigenvalue weighted by molar-refractivity contribution is 5.88. The third-order valence-electron chi connectivity index (χ3n) is 7.14. The molecule has 2 amide bonds. The maximum absolute atomic E-state index is 12.9. The average Bonchev–Trinajstić information content (AvgIpc) is 2.82. The van der Waals surface area contributed by atoms with Crippen LogP contribution in [0.4, 0.5) is 0 Å². The fraction of sp³-hybridized carbons (Fsp3) is 0.423. The Morgan fingerprint density at radius 2 is 2.00 bits per heavy atom. The molecule has 6 nitrogen and oxygen atoms in total. The molecule has 32 heavy (non-hydrogen) atoms. The summed E-state index contributed by atoms with van der Waals surface area (Å²) in [5.41, 5.74) is 4.65. The molecule has 0 saturated carbocycles. The van der Waals surface area contributed by atoms with E-state index in [-0.39, 0.29) is 49.4 Å². The van der Waals surface area contributed by atoms with Crippen molar-refractivity contribution in [2.75, 3.05) is 19.7 Å². The first kappa shape index (κ1) is 20.9. The molecule has 5 rings (SSSR count). The molecule has 2 aliphatic heterocycles. The van der Waals surface area contributed by atoms with E-state index < -0.39 is 0 Å². The highest BCUT2D eigenvalue weighted by atomic mass is 16.3. The standard InChI is InChI=1S/C26H29N3O3/c30-17-23-26(21-10-8-20(9-11-21)19-6-2-1-3-7-19)22-15-28(16-25(32)29(22)23)24(31)13-18-5-4-12-27-14-18/h4-6,8-12,14,22-23,26,30H,1-3,7,13,15-17H2/t22-,23-,26+/m0/s1. The van der Waals surface area contributed by atoms with Gasteiger partial charge in [-0.05, 0) is 54.0 Å². The van der Waals surface area contributed by atoms with Crippen LogP contribution in [0.5, 0.6) is 0 Å². The first-order valence-electron chi connectivity index (χ1n) is 11.5. The van der Waals surface area contributed by atoms with Crippen LogP contribution in [0.15, 0.2) is 54.9 Å². The van der Waals surface area contributed by atoms with E-state index >= 15 is 0 Å². The highest BCUT2D eigenvalue weighted by Crippen LogP contribution is 2.43. The Morgan fingerprint density at radius 3 is 2.69 bits per heavy atom. The molecule has 1 aliphatic carbocycles. The van der Waals surface area contributed by atoms with Gasteiger partial charge < -0.3 is 14.9 Å². The van der Waals surface area contributed by atoms with Crippen molar-refractivity contribution < 1.29 is 14.7 Å². The van der Waals surface area contributed by atoms with E-state index in [1.54, 1.807) is 22.2 Å². The van der Waals surface area contributed by atoms with Crippen LogP contribution in [-0.2, 0) is 16.0 Å². The third-order valence-corrected chi connectivity index (χ3v) is 7.14. The fourth-order valence-corrected chi connectivity index (χ4v) is 5.50. The average molecular weight is 432 g/mol. The summed E-state index contributed by atoms with van der Waals surface area (Å²) >= 11 is 0. The van der Waals surface area contributed by atoms with Gasteiger partial charge in [0.25, 0.3) is 0 Å². The Labute approximate surface area is 188 Å². The lowest BCUT2D eigenvalue weighted by Crippen LogP contribution is -2.73. The highest BCUT2D eigenvalue weighted by Gasteiger charge is 2.54. The molecule has 3 atom stereocenters. The first-order chi connectivity index (χ1) is 15.7. The molecule has 166 valence electrons. The van der Waals surface area contributed by atoms with E-state index in [1.807, 2.05) is 12.1 Å². The summed E-state index contributed by atoms with van der Waals surface area (Å²) in [6, 6.07) is 12.0. The molecule has 1 aromatic heterocycles. The number of hydrogen-bond donors (Lipinski definition) is 1. The van der Waals surface area contributed by atoms with E-state index in [4.69, 9.17) is 0 Å². The Bertz CT molecular complexity index is 1020. The molecule has 0 bridgehead atoms. The van der Waals surface area contributed by atoms with Crippen LogP contribution in [0.25, 0.3) is 5.57 Å². The van der Waals surface area contributed by atoms with Crippen LogP contribution in [-0.4, -0.2) is 63.5 Å². The fourth-order valence-electron chi connectivity index (χ4n) is 5.50. The number of fused-ring (bicyclic) bond motifs is 1. The zero-order valence-corrected chi connectivity index (χ0v) is 18.2. The molecule has 2 saturated heterocycles. The summed E-state index contributed by atoms with van der Waals surface area (Å²) in [4.78, 5) is 33.2. The molecule has 2 fully saturated rings. The zero-order chi connectivity index (χ0) is 22.1. The lowest BCUT2D eigenvalue weighted by molar-refractivity contribution is -0.166. The predicted molar refractivity (Wildman–Crippen MR) is 122 cm³/mol. The molecule has 0 spiro atoms. The summed E-state index contributed by atoms with van der Waals surface area (Å²) in [5.74, 6) is -0.107. The Morgan fingerprint density at radius 1 is 1.16 bits per heavy atom. The second-order valence-electron chi connectivity index (χ2n) is 9.05. The zero-order valence-electron chi connectivity index (χ0n) is 18.2. The summed E-state index contributed by atoms with van der Waals surface area (Å²) in [5, 5.41) is 10.0. The van der Waals surface area contributed by atoms with Gasteiger partial charge in [-0.15, -0.1) is 0 Å². The van der Waals surface area contributed by atoms with Gasteiger partial charge >= 0.3 is 0 Å². The van der Waals surface area contributed by atoms with Crippen molar-refractivity contribution in [3.63, 3.8) is 0 Å². The Balaban J connectivity index is 1.33. The summed E-state index contributed by atoms with van der Waals surface area (Å²) in [6.45, 7) is 0.508. The number of nitrogens with zero attached hydrogens (tertiary/aromatic N) is 3. The van der Waals surface area contributed by atoms with Gasteiger partial charge in [0.05, 0.1) is 31.7 Å². The number of rotatable bonds is 5. The molecule has 0 unspecified atom stereocenters. The van der Waals surface area contributed by atoms with Gasteiger partial charge in [0.1, 0.15) is 0 Å². The molecule has 1 N–H and O–H groups in total. The largest absolute Gasteiger partial charge is 0.394 e. The first-order valence-corrected chi connectivity index (χ1v) is 11.5. The number of carbonyl (C=O) groups is 2. The monoisotopic (exact) mass is 431 g/mol. The van der Waals surface area contributed by atoms with Crippen LogP contribution in [0.1, 0.15) is 48.3 Å². The van der Waals surface area contributed by atoms with Crippen molar-refractivity contribution in [1.29, 1.82) is 0 Å². The van der Waals surface area contributed by atoms with Gasteiger partial charge in [0.2, 0.25) is 11.8 Å². The van der Waals surface area contributed by atoms with Crippen LogP contribution < -0.4 is 0 Å². The van der Waals surface area contributed by atoms with E-state index in [9.17, 15) is 14.7 Å². The number of amides is 2. The van der Waals surface area contributed by atoms with E-state index in [2.05, 4.69) is 35.3 Å². The van der Waals surface area contributed by atoms with Gasteiger partial charge in [-0.1, -0.05) is 36.4 Å². The van der Waals surface area contributed by atoms with E-state index in [1.165, 1.54) is 24.0 Å². The number of benzene rings is 1. The van der Waals surface area contributed by atoms with Gasteiger partial charge in [0.15, 0.2) is 0 Å². The van der Waals surface area contributed by atoms with Crippen molar-refractivity contribution in [1.82, 2.24) is 14.8 Å². The van der Waals surface area contributed by atoms with Crippen molar-refractivity contribution in [2.45, 2.75) is 50.1 Å². The number of piperazine rings is 1. The minimum absolute atomic E-state index is 0.0346. The second-order valence-corrected chi connectivity index (χ2v) is 9.05. The van der Waals surface area contributed by atoms with Gasteiger partial charge in [-0.2, -0.15) is 0 Å². The predicted octanol–water partition coefficient (Wildman–Crippen LogP) is 2.78. The summed E-state index contributed by atoms with van der Waals surface area (Å²) in [6.07, 6.45) is 10.7. The Kier molecular flexibility index (Phi) is 5.79. The van der Waals surface area contributed by atoms with Crippen LogP contribution >= 0.6 is 0 Å². The molecule has 6 heteroatoms. The number of carbonyl (C=O) groups excluding carboxylic acids is 2. The lowest BCUT2D eigenvalue weighted by Gasteiger charge is -2.58. The molecular weight excluding hydrogens is 402 g/mol. The number of allylic oxidation sites excluding steroid dienone is 2. The molecule has 3 heterocycles. The van der Waals surface area contributed by atoms with Crippen LogP contribution in [0.3, 0.4) is 0 Å². The van der Waals surface area contributed by atoms with Gasteiger partial charge in [-0.3, -0.25) is 14.6 Å². The van der Waals surface area contributed by atoms with Crippen molar-refractivity contribution in [3.05, 3.63) is 71.6 Å². The number of hydrogen-bond acceptors (Lipinski definition) is 4. The Hall–Kier alpha value is -2.99. The smallest absolute Gasteiger partial charge is 0.242 e. The maximum Gasteiger partial charge on any atom is 0.242 e. The summed E-state index contributed by atoms with van der Waals surface area (Å²) < 4.78 is 0. The molecule has 2 aromatic rings. The lowest BCUT2D eigenvalue weighted by atomic mass is 9.73. The van der Waals surface area contributed by atoms with Crippen molar-refractivity contribution in [3.8, 4) is 0 Å². The molecule has 3 aliphatic rings. The molecule has 0 radical (unpaired) electrons. The van der Waals surface area contributed by atoms with Crippen LogP contribution in [0, 0.1) is 0 Å². The SMILES string of the molecule is O=C(Cc1cccnc1)N1CC(=O)N2[C@@H](CO)[C@H](c3ccc(C4=CCCCC4)cc3)[C@@H]2C1. The number of aromatic nitrogens is 1. The second kappa shape index (κ2) is 8.87. The minimum Gasteiger partial charge on any atom is -0.394 e.